The van der Waals surface area contributed by atoms with Crippen LogP contribution in [0.5, 0.6) is 0 Å². The lowest BCUT2D eigenvalue weighted by atomic mass is 10.1. The number of nitrogens with zero attached hydrogens (tertiary/aromatic N) is 1. The van der Waals surface area contributed by atoms with Crippen LogP contribution >= 0.6 is 22.6 Å². The van der Waals surface area contributed by atoms with Crippen LogP contribution in [0.4, 0.5) is 5.69 Å². The Kier molecular flexibility index (Phi) is 3.92. The molecule has 0 spiro atoms. The van der Waals surface area contributed by atoms with Crippen LogP contribution < -0.4 is 5.32 Å². The third kappa shape index (κ3) is 3.07. The minimum Gasteiger partial charge on any atom is -0.326 e. The van der Waals surface area contributed by atoms with E-state index < -0.39 is 0 Å². The van der Waals surface area contributed by atoms with Crippen molar-refractivity contribution in [3.63, 3.8) is 0 Å². The van der Waals surface area contributed by atoms with Crippen LogP contribution in [0.3, 0.4) is 0 Å². The van der Waals surface area contributed by atoms with Gasteiger partial charge >= 0.3 is 0 Å². The summed E-state index contributed by atoms with van der Waals surface area (Å²) in [5, 5.41) is 11.1. The number of nitrogens with one attached hydrogen (secondary N) is 2. The van der Waals surface area contributed by atoms with Crippen molar-refractivity contribution in [2.24, 2.45) is 0 Å². The minimum absolute atomic E-state index is 0.0475. The van der Waals surface area contributed by atoms with Gasteiger partial charge in [0.1, 0.15) is 0 Å². The normalized spacial score (nSPS) is 10.8. The molecule has 3 rings (SSSR count). The summed E-state index contributed by atoms with van der Waals surface area (Å²) in [4.78, 5) is 12.2. The molecular formula is C16H14IN3O. The number of para-hydroxylation sites is 1. The highest BCUT2D eigenvalue weighted by atomic mass is 127. The molecule has 2 N–H and O–H groups in total. The number of fused-ring (bicyclic) bond motifs is 1. The molecule has 3 aromatic rings. The van der Waals surface area contributed by atoms with E-state index in [0.29, 0.717) is 0 Å². The van der Waals surface area contributed by atoms with Gasteiger partial charge < -0.3 is 5.32 Å². The van der Waals surface area contributed by atoms with Crippen LogP contribution in [-0.4, -0.2) is 16.1 Å². The second-order valence-electron chi connectivity index (χ2n) is 4.90. The van der Waals surface area contributed by atoms with Crippen molar-refractivity contribution in [1.29, 1.82) is 0 Å². The van der Waals surface area contributed by atoms with Gasteiger partial charge in [0, 0.05) is 14.6 Å². The summed E-state index contributed by atoms with van der Waals surface area (Å²) in [6, 6.07) is 13.7. The molecule has 0 unspecified atom stereocenters. The molecule has 4 nitrogen and oxygen atoms in total. The fourth-order valence-corrected chi connectivity index (χ4v) is 2.92. The average molecular weight is 391 g/mol. The molecule has 1 amide bonds. The van der Waals surface area contributed by atoms with Crippen molar-refractivity contribution in [1.82, 2.24) is 10.2 Å². The molecule has 0 radical (unpaired) electrons. The van der Waals surface area contributed by atoms with Crippen molar-refractivity contribution < 1.29 is 4.79 Å². The first-order valence-corrected chi connectivity index (χ1v) is 7.69. The molecule has 0 aliphatic carbocycles. The van der Waals surface area contributed by atoms with E-state index in [1.807, 2.05) is 49.4 Å². The fraction of sp³-hybridized carbons (Fsp3) is 0.125. The predicted molar refractivity (Wildman–Crippen MR) is 92.3 cm³/mol. The van der Waals surface area contributed by atoms with E-state index in [2.05, 4.69) is 38.1 Å². The molecule has 5 heteroatoms. The number of H-pyrrole nitrogens is 1. The van der Waals surface area contributed by atoms with Gasteiger partial charge in [-0.3, -0.25) is 9.89 Å². The quantitative estimate of drug-likeness (QED) is 0.670. The van der Waals surface area contributed by atoms with Crippen LogP contribution in [0.2, 0.25) is 0 Å². The molecule has 1 heterocycles. The molecule has 0 bridgehead atoms. The molecule has 0 atom stereocenters. The summed E-state index contributed by atoms with van der Waals surface area (Å²) >= 11 is 2.26. The number of benzene rings is 2. The predicted octanol–water partition coefficient (Wildman–Crippen LogP) is 3.66. The van der Waals surface area contributed by atoms with E-state index >= 15 is 0 Å². The van der Waals surface area contributed by atoms with Crippen molar-refractivity contribution in [2.45, 2.75) is 13.3 Å². The Balaban J connectivity index is 1.77. The van der Waals surface area contributed by atoms with Gasteiger partial charge in [-0.05, 0) is 59.3 Å². The molecular weight excluding hydrogens is 377 g/mol. The van der Waals surface area contributed by atoms with Gasteiger partial charge in [-0.1, -0.05) is 18.2 Å². The molecule has 0 fully saturated rings. The molecule has 0 aliphatic rings. The largest absolute Gasteiger partial charge is 0.326 e. The van der Waals surface area contributed by atoms with Gasteiger partial charge in [-0.25, -0.2) is 0 Å². The summed E-state index contributed by atoms with van der Waals surface area (Å²) in [6.45, 7) is 1.99. The highest BCUT2D eigenvalue weighted by Crippen LogP contribution is 2.19. The van der Waals surface area contributed by atoms with Crippen molar-refractivity contribution in [3.8, 4) is 0 Å². The number of rotatable bonds is 3. The lowest BCUT2D eigenvalue weighted by Gasteiger charge is -2.08. The maximum atomic E-state index is 12.2. The Bertz CT molecular complexity index is 810. The SMILES string of the molecule is Cc1cc(I)ccc1NC(=O)Cc1[nH]nc2ccccc12. The highest BCUT2D eigenvalue weighted by molar-refractivity contribution is 14.1. The molecule has 106 valence electrons. The molecule has 0 aliphatic heterocycles. The third-order valence-corrected chi connectivity index (χ3v) is 4.01. The van der Waals surface area contributed by atoms with Gasteiger partial charge in [0.15, 0.2) is 0 Å². The Morgan fingerprint density at radius 2 is 2.10 bits per heavy atom. The zero-order valence-corrected chi connectivity index (χ0v) is 13.6. The summed E-state index contributed by atoms with van der Waals surface area (Å²) in [5.74, 6) is -0.0475. The number of hydrogen-bond donors (Lipinski definition) is 2. The molecule has 21 heavy (non-hydrogen) atoms. The fourth-order valence-electron chi connectivity index (χ4n) is 2.27. The van der Waals surface area contributed by atoms with Gasteiger partial charge in [0.2, 0.25) is 5.91 Å². The number of hydrogen-bond acceptors (Lipinski definition) is 2. The number of amides is 1. The summed E-state index contributed by atoms with van der Waals surface area (Å²) < 4.78 is 1.16. The Morgan fingerprint density at radius 1 is 1.29 bits per heavy atom. The van der Waals surface area contributed by atoms with Crippen molar-refractivity contribution >= 4 is 45.1 Å². The van der Waals surface area contributed by atoms with Crippen LogP contribution in [0.1, 0.15) is 11.3 Å². The molecule has 1 aromatic heterocycles. The average Bonchev–Trinajstić information content (AvgIpc) is 2.85. The zero-order valence-electron chi connectivity index (χ0n) is 11.5. The maximum absolute atomic E-state index is 12.2. The summed E-state index contributed by atoms with van der Waals surface area (Å²) in [7, 11) is 0. The van der Waals surface area contributed by atoms with E-state index in [1.165, 1.54) is 0 Å². The zero-order chi connectivity index (χ0) is 14.8. The van der Waals surface area contributed by atoms with E-state index in [-0.39, 0.29) is 12.3 Å². The van der Waals surface area contributed by atoms with E-state index in [9.17, 15) is 4.79 Å². The lowest BCUT2D eigenvalue weighted by molar-refractivity contribution is -0.115. The monoisotopic (exact) mass is 391 g/mol. The van der Waals surface area contributed by atoms with Crippen LogP contribution in [0, 0.1) is 10.5 Å². The number of aromatic amines is 1. The third-order valence-electron chi connectivity index (χ3n) is 3.34. The maximum Gasteiger partial charge on any atom is 0.230 e. The number of aromatic nitrogens is 2. The Hall–Kier alpha value is -1.89. The van der Waals surface area contributed by atoms with Gasteiger partial charge in [0.05, 0.1) is 17.6 Å². The van der Waals surface area contributed by atoms with E-state index in [0.717, 1.165) is 31.4 Å². The number of carbonyl (C=O) groups excluding carboxylic acids is 1. The summed E-state index contributed by atoms with van der Waals surface area (Å²) in [5.41, 5.74) is 3.63. The highest BCUT2D eigenvalue weighted by Gasteiger charge is 2.10. The number of carbonyl (C=O) groups is 1. The standard InChI is InChI=1S/C16H14IN3O/c1-10-8-11(17)6-7-13(10)18-16(21)9-15-12-4-2-3-5-14(12)19-20-15/h2-8H,9H2,1H3,(H,18,21)(H,19,20). The van der Waals surface area contributed by atoms with Crippen LogP contribution in [0.15, 0.2) is 42.5 Å². The second-order valence-corrected chi connectivity index (χ2v) is 6.15. The first-order valence-electron chi connectivity index (χ1n) is 6.61. The summed E-state index contributed by atoms with van der Waals surface area (Å²) in [6.07, 6.45) is 0.284. The Morgan fingerprint density at radius 3 is 2.90 bits per heavy atom. The van der Waals surface area contributed by atoms with Gasteiger partial charge in [0.25, 0.3) is 0 Å². The van der Waals surface area contributed by atoms with Gasteiger partial charge in [-0.2, -0.15) is 5.10 Å². The van der Waals surface area contributed by atoms with E-state index in [1.54, 1.807) is 0 Å². The van der Waals surface area contributed by atoms with Crippen LogP contribution in [0.25, 0.3) is 10.9 Å². The van der Waals surface area contributed by atoms with Crippen molar-refractivity contribution in [3.05, 3.63) is 57.3 Å². The van der Waals surface area contributed by atoms with E-state index in [4.69, 9.17) is 0 Å². The first kappa shape index (κ1) is 14.1. The molecule has 0 saturated carbocycles. The number of halogens is 1. The topological polar surface area (TPSA) is 57.8 Å². The van der Waals surface area contributed by atoms with Crippen LogP contribution in [-0.2, 0) is 11.2 Å². The Labute approximate surface area is 136 Å². The number of aryl methyl sites for hydroxylation is 1. The lowest BCUT2D eigenvalue weighted by Crippen LogP contribution is -2.15. The smallest absolute Gasteiger partial charge is 0.230 e. The van der Waals surface area contributed by atoms with Gasteiger partial charge in [-0.15, -0.1) is 0 Å². The molecule has 0 saturated heterocycles. The number of anilines is 1. The minimum atomic E-state index is -0.0475. The second kappa shape index (κ2) is 5.85. The van der Waals surface area contributed by atoms with Crippen molar-refractivity contribution in [2.75, 3.05) is 5.32 Å². The first-order chi connectivity index (χ1) is 10.1. The molecule has 2 aromatic carbocycles.